The van der Waals surface area contributed by atoms with E-state index in [4.69, 9.17) is 4.74 Å². The van der Waals surface area contributed by atoms with Gasteiger partial charge in [-0.05, 0) is 50.7 Å². The summed E-state index contributed by atoms with van der Waals surface area (Å²) in [5, 5.41) is 13.7. The Balaban J connectivity index is 1.35. The van der Waals surface area contributed by atoms with Crippen LogP contribution >= 0.6 is 0 Å². The van der Waals surface area contributed by atoms with E-state index in [2.05, 4.69) is 29.6 Å². The summed E-state index contributed by atoms with van der Waals surface area (Å²) in [6.45, 7) is 0.218. The zero-order chi connectivity index (χ0) is 22.1. The van der Waals surface area contributed by atoms with Crippen LogP contribution < -0.4 is 5.32 Å². The first-order chi connectivity index (χ1) is 15.6. The van der Waals surface area contributed by atoms with Crippen molar-refractivity contribution in [2.24, 2.45) is 0 Å². The number of fused-ring (bicyclic) bond motifs is 4. The van der Waals surface area contributed by atoms with Crippen LogP contribution in [0.5, 0.6) is 0 Å². The quantitative estimate of drug-likeness (QED) is 0.424. The summed E-state index contributed by atoms with van der Waals surface area (Å²) in [6.07, 6.45) is -0.691. The van der Waals surface area contributed by atoms with Gasteiger partial charge in [-0.3, -0.25) is 10.1 Å². The second-order valence-electron chi connectivity index (χ2n) is 7.88. The summed E-state index contributed by atoms with van der Waals surface area (Å²) in [5.74, 6) is -0.944. The first kappa shape index (κ1) is 19.8. The van der Waals surface area contributed by atoms with Gasteiger partial charge in [-0.25, -0.2) is 4.79 Å². The summed E-state index contributed by atoms with van der Waals surface area (Å²) in [6, 6.07) is 27.4. The Morgan fingerprint density at radius 1 is 0.844 bits per heavy atom. The summed E-state index contributed by atoms with van der Waals surface area (Å²) in [5.41, 5.74) is 5.79. The molecular formula is C27H21NO4. The molecule has 5 heteroatoms. The highest BCUT2D eigenvalue weighted by Gasteiger charge is 2.29. The maximum absolute atomic E-state index is 12.6. The monoisotopic (exact) mass is 423 g/mol. The van der Waals surface area contributed by atoms with E-state index >= 15 is 0 Å². The molecule has 32 heavy (non-hydrogen) atoms. The number of anilines is 1. The molecule has 0 bridgehead atoms. The zero-order valence-corrected chi connectivity index (χ0v) is 17.2. The van der Waals surface area contributed by atoms with Gasteiger partial charge in [0.1, 0.15) is 6.61 Å². The Morgan fingerprint density at radius 2 is 1.47 bits per heavy atom. The summed E-state index contributed by atoms with van der Waals surface area (Å²) >= 11 is 0. The van der Waals surface area contributed by atoms with E-state index < -0.39 is 12.1 Å². The van der Waals surface area contributed by atoms with Crippen LogP contribution in [0.4, 0.5) is 10.5 Å². The van der Waals surface area contributed by atoms with Crippen LogP contribution in [0, 0.1) is 0 Å². The van der Waals surface area contributed by atoms with Crippen molar-refractivity contribution in [3.05, 3.63) is 102 Å². The van der Waals surface area contributed by atoms with E-state index in [1.165, 1.54) is 11.1 Å². The Bertz CT molecular complexity index is 1300. The van der Waals surface area contributed by atoms with Gasteiger partial charge in [-0.15, -0.1) is 0 Å². The SMILES string of the molecule is O=C(O)Cc1cc(NC(=O)OCC2c3ccccc3-c3ccccc32)cc2ccccc12. The van der Waals surface area contributed by atoms with Gasteiger partial charge in [0.05, 0.1) is 6.42 Å². The topological polar surface area (TPSA) is 75.6 Å². The van der Waals surface area contributed by atoms with Gasteiger partial charge in [0.2, 0.25) is 0 Å². The van der Waals surface area contributed by atoms with Crippen LogP contribution in [-0.2, 0) is 16.0 Å². The molecular weight excluding hydrogens is 402 g/mol. The molecule has 5 rings (SSSR count). The van der Waals surface area contributed by atoms with E-state index in [-0.39, 0.29) is 18.9 Å². The second-order valence-corrected chi connectivity index (χ2v) is 7.88. The van der Waals surface area contributed by atoms with Crippen molar-refractivity contribution in [3.63, 3.8) is 0 Å². The number of carbonyl (C=O) groups excluding carboxylic acids is 1. The molecule has 0 heterocycles. The largest absolute Gasteiger partial charge is 0.481 e. The number of carboxylic acids is 1. The van der Waals surface area contributed by atoms with Gasteiger partial charge in [-0.1, -0.05) is 72.8 Å². The smallest absolute Gasteiger partial charge is 0.411 e. The molecule has 2 N–H and O–H groups in total. The van der Waals surface area contributed by atoms with Crippen LogP contribution in [0.1, 0.15) is 22.6 Å². The molecule has 0 saturated heterocycles. The van der Waals surface area contributed by atoms with E-state index in [9.17, 15) is 14.7 Å². The van der Waals surface area contributed by atoms with Gasteiger partial charge in [-0.2, -0.15) is 0 Å². The van der Waals surface area contributed by atoms with Crippen molar-refractivity contribution in [2.75, 3.05) is 11.9 Å². The van der Waals surface area contributed by atoms with Gasteiger partial charge < -0.3 is 9.84 Å². The number of rotatable bonds is 5. The standard InChI is InChI=1S/C27H21NO4/c29-26(30)15-18-14-19(13-17-7-1-2-8-20(17)18)28-27(31)32-16-25-23-11-5-3-9-21(23)22-10-4-6-12-24(22)25/h1-14,25H,15-16H2,(H,28,31)(H,29,30). The number of ether oxygens (including phenoxy) is 1. The van der Waals surface area contributed by atoms with Gasteiger partial charge >= 0.3 is 12.1 Å². The molecule has 0 aromatic heterocycles. The highest BCUT2D eigenvalue weighted by Crippen LogP contribution is 2.44. The van der Waals surface area contributed by atoms with Crippen LogP contribution in [0.25, 0.3) is 21.9 Å². The third-order valence-electron chi connectivity index (χ3n) is 5.88. The van der Waals surface area contributed by atoms with Crippen molar-refractivity contribution < 1.29 is 19.4 Å². The number of hydrogen-bond donors (Lipinski definition) is 2. The normalized spacial score (nSPS) is 12.2. The Kier molecular flexibility index (Phi) is 5.07. The van der Waals surface area contributed by atoms with Gasteiger partial charge in [0.25, 0.3) is 0 Å². The fourth-order valence-electron chi connectivity index (χ4n) is 4.52. The van der Waals surface area contributed by atoms with Crippen LogP contribution in [0.3, 0.4) is 0 Å². The van der Waals surface area contributed by atoms with E-state index in [1.807, 2.05) is 54.6 Å². The first-order valence-corrected chi connectivity index (χ1v) is 10.5. The minimum atomic E-state index is -0.923. The predicted octanol–water partition coefficient (Wildman–Crippen LogP) is 5.83. The molecule has 0 fully saturated rings. The number of hydrogen-bond acceptors (Lipinski definition) is 3. The zero-order valence-electron chi connectivity index (χ0n) is 17.2. The van der Waals surface area contributed by atoms with Crippen LogP contribution in [0.2, 0.25) is 0 Å². The van der Waals surface area contributed by atoms with Crippen LogP contribution in [0.15, 0.2) is 84.9 Å². The fraction of sp³-hybridized carbons (Fsp3) is 0.111. The van der Waals surface area contributed by atoms with E-state index in [1.54, 1.807) is 6.07 Å². The number of aliphatic carboxylic acids is 1. The fourth-order valence-corrected chi connectivity index (χ4v) is 4.52. The molecule has 0 aliphatic heterocycles. The molecule has 158 valence electrons. The molecule has 4 aromatic rings. The molecule has 4 aromatic carbocycles. The predicted molar refractivity (Wildman–Crippen MR) is 124 cm³/mol. The second kappa shape index (κ2) is 8.19. The molecule has 0 atom stereocenters. The summed E-state index contributed by atoms with van der Waals surface area (Å²) in [4.78, 5) is 23.9. The number of nitrogens with one attached hydrogen (secondary N) is 1. The minimum Gasteiger partial charge on any atom is -0.481 e. The summed E-state index contributed by atoms with van der Waals surface area (Å²) in [7, 11) is 0. The number of amides is 1. The Labute approximate surface area is 185 Å². The number of carboxylic acid groups (broad SMARTS) is 1. The highest BCUT2D eigenvalue weighted by molar-refractivity contribution is 5.95. The molecule has 5 nitrogen and oxygen atoms in total. The lowest BCUT2D eigenvalue weighted by atomic mass is 9.98. The molecule has 0 saturated carbocycles. The molecule has 1 aliphatic carbocycles. The number of benzene rings is 4. The Hall–Kier alpha value is -4.12. The van der Waals surface area contributed by atoms with Crippen molar-refractivity contribution in [1.29, 1.82) is 0 Å². The lowest BCUT2D eigenvalue weighted by Gasteiger charge is -2.15. The molecule has 1 aliphatic rings. The average Bonchev–Trinajstić information content (AvgIpc) is 3.11. The van der Waals surface area contributed by atoms with Crippen molar-refractivity contribution in [3.8, 4) is 11.1 Å². The van der Waals surface area contributed by atoms with Crippen molar-refractivity contribution in [2.45, 2.75) is 12.3 Å². The molecule has 0 spiro atoms. The van der Waals surface area contributed by atoms with E-state index in [0.717, 1.165) is 21.9 Å². The third kappa shape index (κ3) is 3.69. The van der Waals surface area contributed by atoms with Gasteiger partial charge in [0.15, 0.2) is 0 Å². The van der Waals surface area contributed by atoms with Gasteiger partial charge in [0, 0.05) is 11.6 Å². The lowest BCUT2D eigenvalue weighted by molar-refractivity contribution is -0.136. The maximum Gasteiger partial charge on any atom is 0.411 e. The molecule has 0 radical (unpaired) electrons. The lowest BCUT2D eigenvalue weighted by Crippen LogP contribution is -2.18. The highest BCUT2D eigenvalue weighted by atomic mass is 16.5. The first-order valence-electron chi connectivity index (χ1n) is 10.5. The summed E-state index contributed by atoms with van der Waals surface area (Å²) < 4.78 is 5.61. The average molecular weight is 423 g/mol. The third-order valence-corrected chi connectivity index (χ3v) is 5.88. The molecule has 1 amide bonds. The number of carbonyl (C=O) groups is 2. The maximum atomic E-state index is 12.6. The minimum absolute atomic E-state index is 0.0210. The van der Waals surface area contributed by atoms with E-state index in [0.29, 0.717) is 11.3 Å². The van der Waals surface area contributed by atoms with Crippen LogP contribution in [-0.4, -0.2) is 23.8 Å². The molecule has 0 unspecified atom stereocenters. The Morgan fingerprint density at radius 3 is 2.16 bits per heavy atom. The van der Waals surface area contributed by atoms with Crippen molar-refractivity contribution >= 4 is 28.5 Å². The van der Waals surface area contributed by atoms with Crippen molar-refractivity contribution in [1.82, 2.24) is 0 Å².